The summed E-state index contributed by atoms with van der Waals surface area (Å²) in [5.41, 5.74) is 0.436. The van der Waals surface area contributed by atoms with Gasteiger partial charge in [-0.3, -0.25) is 0 Å². The second kappa shape index (κ2) is 13.4. The first-order valence-corrected chi connectivity index (χ1v) is 9.72. The average molecular weight is 341 g/mol. The van der Waals surface area contributed by atoms with Gasteiger partial charge in [0.05, 0.1) is 14.1 Å². The van der Waals surface area contributed by atoms with Crippen LogP contribution in [0.2, 0.25) is 0 Å². The third-order valence-corrected chi connectivity index (χ3v) is 4.28. The fraction of sp³-hybridized carbons (Fsp3) is 0.850. The zero-order chi connectivity index (χ0) is 18.4. The standard InChI is InChI=1S/C20H40N2O2/c1-6-7-8-9-10-11-12-13-14-15-16-19(23)17-22(4,5)21-20(24)18(2)3/h19,23H,2,6-17H2,1,3-5H3. The molecule has 0 radical (unpaired) electrons. The molecule has 0 saturated carbocycles. The van der Waals surface area contributed by atoms with Gasteiger partial charge in [0.1, 0.15) is 12.6 Å². The van der Waals surface area contributed by atoms with Crippen molar-refractivity contribution >= 4 is 5.90 Å². The Kier molecular flexibility index (Phi) is 12.9. The fourth-order valence-corrected chi connectivity index (χ4v) is 2.85. The van der Waals surface area contributed by atoms with Gasteiger partial charge in [-0.15, -0.1) is 0 Å². The fourth-order valence-electron chi connectivity index (χ4n) is 2.85. The van der Waals surface area contributed by atoms with Crippen molar-refractivity contribution in [2.24, 2.45) is 5.10 Å². The summed E-state index contributed by atoms with van der Waals surface area (Å²) in [6.45, 7) is 7.99. The molecule has 1 N–H and O–H groups in total. The molecule has 0 amide bonds. The Morgan fingerprint density at radius 1 is 1.00 bits per heavy atom. The maximum atomic E-state index is 11.6. The number of aliphatic hydroxyl groups excluding tert-OH is 1. The summed E-state index contributed by atoms with van der Waals surface area (Å²) in [6, 6.07) is 0. The van der Waals surface area contributed by atoms with Gasteiger partial charge >= 0.3 is 0 Å². The van der Waals surface area contributed by atoms with Crippen LogP contribution < -0.4 is 5.11 Å². The van der Waals surface area contributed by atoms with Crippen LogP contribution >= 0.6 is 0 Å². The molecule has 1 atom stereocenters. The van der Waals surface area contributed by atoms with E-state index in [2.05, 4.69) is 18.6 Å². The molecule has 0 aromatic heterocycles. The summed E-state index contributed by atoms with van der Waals surface area (Å²) in [5.74, 6) is -0.286. The molecule has 0 aliphatic carbocycles. The minimum absolute atomic E-state index is 0.157. The highest BCUT2D eigenvalue weighted by Crippen LogP contribution is 2.13. The molecule has 0 rings (SSSR count). The third-order valence-electron chi connectivity index (χ3n) is 4.28. The minimum Gasteiger partial charge on any atom is -0.855 e. The Morgan fingerprint density at radius 3 is 1.92 bits per heavy atom. The van der Waals surface area contributed by atoms with Crippen molar-refractivity contribution in [2.75, 3.05) is 20.6 Å². The van der Waals surface area contributed by atoms with Crippen molar-refractivity contribution < 1.29 is 14.8 Å². The Labute approximate surface area is 149 Å². The number of aliphatic hydroxyl groups is 1. The lowest BCUT2D eigenvalue weighted by atomic mass is 10.0. The molecule has 142 valence electrons. The van der Waals surface area contributed by atoms with Gasteiger partial charge in [0, 0.05) is 5.90 Å². The van der Waals surface area contributed by atoms with E-state index in [0.717, 1.165) is 12.8 Å². The van der Waals surface area contributed by atoms with E-state index in [0.29, 0.717) is 12.1 Å². The molecule has 0 aromatic rings. The highest BCUT2D eigenvalue weighted by Gasteiger charge is 2.20. The minimum atomic E-state index is -0.407. The van der Waals surface area contributed by atoms with Gasteiger partial charge < -0.3 is 10.2 Å². The summed E-state index contributed by atoms with van der Waals surface area (Å²) in [7, 11) is 3.67. The number of hydrogen-bond acceptors (Lipinski definition) is 3. The molecule has 0 aromatic carbocycles. The van der Waals surface area contributed by atoms with E-state index in [-0.39, 0.29) is 10.5 Å². The Balaban J connectivity index is 3.70. The van der Waals surface area contributed by atoms with Crippen LogP contribution in [0, 0.1) is 0 Å². The van der Waals surface area contributed by atoms with E-state index in [1.165, 1.54) is 57.8 Å². The van der Waals surface area contributed by atoms with E-state index in [9.17, 15) is 10.2 Å². The van der Waals surface area contributed by atoms with Gasteiger partial charge in [-0.1, -0.05) is 82.8 Å². The van der Waals surface area contributed by atoms with Gasteiger partial charge in [-0.2, -0.15) is 0 Å². The summed E-state index contributed by atoms with van der Waals surface area (Å²) in [5, 5.41) is 25.9. The molecule has 4 nitrogen and oxygen atoms in total. The summed E-state index contributed by atoms with van der Waals surface area (Å²) >= 11 is 0. The van der Waals surface area contributed by atoms with Crippen LogP contribution in [0.15, 0.2) is 17.3 Å². The largest absolute Gasteiger partial charge is 0.855 e. The second-order valence-electron chi connectivity index (χ2n) is 7.61. The van der Waals surface area contributed by atoms with Crippen LogP contribution in [-0.2, 0) is 0 Å². The zero-order valence-electron chi connectivity index (χ0n) is 16.5. The van der Waals surface area contributed by atoms with Crippen LogP contribution in [0.25, 0.3) is 0 Å². The van der Waals surface area contributed by atoms with Crippen LogP contribution in [0.3, 0.4) is 0 Å². The van der Waals surface area contributed by atoms with E-state index >= 15 is 0 Å². The first kappa shape index (κ1) is 23.1. The maximum absolute atomic E-state index is 11.6. The second-order valence-corrected chi connectivity index (χ2v) is 7.61. The number of quaternary nitrogens is 1. The van der Waals surface area contributed by atoms with Gasteiger partial charge in [-0.05, 0) is 18.9 Å². The van der Waals surface area contributed by atoms with Crippen molar-refractivity contribution in [2.45, 2.75) is 90.6 Å². The van der Waals surface area contributed by atoms with E-state index < -0.39 is 6.10 Å². The monoisotopic (exact) mass is 340 g/mol. The quantitative estimate of drug-likeness (QED) is 0.161. The normalized spacial score (nSPS) is 14.0. The molecule has 0 heterocycles. The zero-order valence-corrected chi connectivity index (χ0v) is 16.5. The van der Waals surface area contributed by atoms with E-state index in [4.69, 9.17) is 0 Å². The Bertz CT molecular complexity index is 365. The molecular weight excluding hydrogens is 300 g/mol. The first-order valence-electron chi connectivity index (χ1n) is 9.72. The number of unbranched alkanes of at least 4 members (excludes halogenated alkanes) is 9. The van der Waals surface area contributed by atoms with E-state index in [1.807, 2.05) is 14.1 Å². The summed E-state index contributed by atoms with van der Waals surface area (Å²) < 4.78 is 0.157. The first-order chi connectivity index (χ1) is 11.3. The van der Waals surface area contributed by atoms with Crippen molar-refractivity contribution in [3.05, 3.63) is 12.2 Å². The Hall–Kier alpha value is -0.870. The van der Waals surface area contributed by atoms with Crippen molar-refractivity contribution in [3.63, 3.8) is 0 Å². The highest BCUT2D eigenvalue weighted by atomic mass is 16.3. The predicted octanol–water partition coefficient (Wildman–Crippen LogP) is 3.98. The van der Waals surface area contributed by atoms with Crippen LogP contribution in [0.5, 0.6) is 0 Å². The molecule has 0 saturated heterocycles. The molecule has 1 unspecified atom stereocenters. The average Bonchev–Trinajstić information content (AvgIpc) is 2.48. The molecule has 0 aliphatic heterocycles. The molecular formula is C20H40N2O2. The molecule has 0 fully saturated rings. The highest BCUT2D eigenvalue weighted by molar-refractivity contribution is 5.87. The van der Waals surface area contributed by atoms with Gasteiger partial charge in [-0.25, -0.2) is 4.59 Å². The summed E-state index contributed by atoms with van der Waals surface area (Å²) in [4.78, 5) is 0. The van der Waals surface area contributed by atoms with E-state index in [1.54, 1.807) is 6.92 Å². The lowest BCUT2D eigenvalue weighted by molar-refractivity contribution is -0.901. The van der Waals surface area contributed by atoms with Crippen LogP contribution in [-0.4, -0.2) is 42.3 Å². The van der Waals surface area contributed by atoms with Crippen molar-refractivity contribution in [1.29, 1.82) is 0 Å². The topological polar surface area (TPSA) is 55.7 Å². The van der Waals surface area contributed by atoms with Gasteiger partial charge in [0.25, 0.3) is 0 Å². The summed E-state index contributed by atoms with van der Waals surface area (Å²) in [6.07, 6.45) is 13.3. The molecule has 4 heteroatoms. The predicted molar refractivity (Wildman–Crippen MR) is 102 cm³/mol. The third kappa shape index (κ3) is 13.6. The van der Waals surface area contributed by atoms with Crippen molar-refractivity contribution in [1.82, 2.24) is 0 Å². The lowest BCUT2D eigenvalue weighted by Crippen LogP contribution is -2.43. The van der Waals surface area contributed by atoms with Gasteiger partial charge in [0.2, 0.25) is 0 Å². The maximum Gasteiger partial charge on any atom is 0.129 e. The molecule has 0 aliphatic rings. The number of likely N-dealkylation sites (N-methyl/N-ethyl adjacent to an activating group) is 1. The molecule has 24 heavy (non-hydrogen) atoms. The lowest BCUT2D eigenvalue weighted by Gasteiger charge is -2.27. The molecule has 0 spiro atoms. The SMILES string of the molecule is C=C(C)/C([O-])=N/[N+](C)(C)CC(O)CCCCCCCCCCCC. The van der Waals surface area contributed by atoms with Crippen LogP contribution in [0.1, 0.15) is 84.5 Å². The number of hydrogen-bond donors (Lipinski definition) is 1. The number of rotatable bonds is 15. The van der Waals surface area contributed by atoms with Crippen molar-refractivity contribution in [3.8, 4) is 0 Å². The smallest absolute Gasteiger partial charge is 0.129 e. The van der Waals surface area contributed by atoms with Gasteiger partial charge in [0.15, 0.2) is 0 Å². The number of nitrogens with zero attached hydrogens (tertiary/aromatic N) is 2. The molecule has 0 bridgehead atoms. The Morgan fingerprint density at radius 2 is 1.46 bits per heavy atom. The van der Waals surface area contributed by atoms with Crippen LogP contribution in [0.4, 0.5) is 0 Å².